The topological polar surface area (TPSA) is 87.0 Å². The predicted molar refractivity (Wildman–Crippen MR) is 101 cm³/mol. The number of hydrogen-bond acceptors (Lipinski definition) is 6. The van der Waals surface area contributed by atoms with Crippen molar-refractivity contribution in [1.82, 2.24) is 14.4 Å². The molecule has 1 aliphatic rings. The lowest BCUT2D eigenvalue weighted by Gasteiger charge is -2.36. The van der Waals surface area contributed by atoms with Crippen LogP contribution in [0.25, 0.3) is 0 Å². The highest BCUT2D eigenvalue weighted by molar-refractivity contribution is 7.89. The summed E-state index contributed by atoms with van der Waals surface area (Å²) in [5.41, 5.74) is 1.42. The van der Waals surface area contributed by atoms with Crippen molar-refractivity contribution in [3.63, 3.8) is 0 Å². The fraction of sp³-hybridized carbons (Fsp3) is 0.444. The molecule has 0 radical (unpaired) electrons. The second kappa shape index (κ2) is 7.69. The molecule has 0 saturated carbocycles. The number of nitrogens with zero attached hydrogens (tertiary/aromatic N) is 4. The number of aromatic nitrogens is 1. The highest BCUT2D eigenvalue weighted by Crippen LogP contribution is 2.22. The second-order valence-electron chi connectivity index (χ2n) is 6.62. The lowest BCUT2D eigenvalue weighted by molar-refractivity contribution is -0.131. The Bertz CT molecular complexity index is 883. The summed E-state index contributed by atoms with van der Waals surface area (Å²) in [6.07, 6.45) is 0. The number of amides is 1. The average molecular weight is 392 g/mol. The molecule has 9 heteroatoms. The maximum Gasteiger partial charge on any atom is 0.248 e. The van der Waals surface area contributed by atoms with Gasteiger partial charge in [0, 0.05) is 38.9 Å². The minimum Gasteiger partial charge on any atom is -0.368 e. The molecule has 8 nitrogen and oxygen atoms in total. The Kier molecular flexibility index (Phi) is 5.52. The number of rotatable bonds is 5. The van der Waals surface area contributed by atoms with E-state index in [-0.39, 0.29) is 23.1 Å². The summed E-state index contributed by atoms with van der Waals surface area (Å²) < 4.78 is 31.5. The van der Waals surface area contributed by atoms with Gasteiger partial charge < -0.3 is 14.3 Å². The molecular formula is C18H24N4O4S. The van der Waals surface area contributed by atoms with Crippen LogP contribution in [0.3, 0.4) is 0 Å². The van der Waals surface area contributed by atoms with Crippen molar-refractivity contribution in [1.29, 1.82) is 0 Å². The Morgan fingerprint density at radius 2 is 1.78 bits per heavy atom. The van der Waals surface area contributed by atoms with Crippen LogP contribution >= 0.6 is 0 Å². The largest absolute Gasteiger partial charge is 0.368 e. The van der Waals surface area contributed by atoms with Gasteiger partial charge in [0.05, 0.1) is 6.54 Å². The van der Waals surface area contributed by atoms with E-state index in [9.17, 15) is 13.2 Å². The molecule has 3 rings (SSSR count). The molecule has 1 aromatic carbocycles. The van der Waals surface area contributed by atoms with Crippen LogP contribution in [0, 0.1) is 13.8 Å². The first-order valence-electron chi connectivity index (χ1n) is 8.77. The van der Waals surface area contributed by atoms with Crippen LogP contribution in [0.15, 0.2) is 39.8 Å². The Hall–Kier alpha value is -2.39. The van der Waals surface area contributed by atoms with Crippen molar-refractivity contribution in [3.05, 3.63) is 41.8 Å². The molecule has 1 aromatic heterocycles. The molecule has 0 bridgehead atoms. The summed E-state index contributed by atoms with van der Waals surface area (Å²) in [6.45, 7) is 5.47. The van der Waals surface area contributed by atoms with Gasteiger partial charge in [-0.3, -0.25) is 4.79 Å². The van der Waals surface area contributed by atoms with E-state index in [2.05, 4.69) is 10.1 Å². The zero-order valence-corrected chi connectivity index (χ0v) is 16.6. The number of carbonyl (C=O) groups is 1. The molecule has 2 aromatic rings. The lowest BCUT2D eigenvalue weighted by atomic mass is 10.2. The minimum atomic E-state index is -3.83. The molecule has 1 fully saturated rings. The van der Waals surface area contributed by atoms with Crippen LogP contribution in [-0.2, 0) is 14.8 Å². The first kappa shape index (κ1) is 19.4. The van der Waals surface area contributed by atoms with Gasteiger partial charge in [-0.05, 0) is 26.0 Å². The number of likely N-dealkylation sites (N-methyl/N-ethyl adjacent to an activating group) is 1. The van der Waals surface area contributed by atoms with Crippen molar-refractivity contribution >= 4 is 21.6 Å². The van der Waals surface area contributed by atoms with Gasteiger partial charge in [-0.2, -0.15) is 4.31 Å². The molecule has 2 heterocycles. The molecule has 1 amide bonds. The van der Waals surface area contributed by atoms with Crippen LogP contribution < -0.4 is 4.90 Å². The summed E-state index contributed by atoms with van der Waals surface area (Å²) in [6, 6.07) is 10.0. The van der Waals surface area contributed by atoms with Crippen LogP contribution in [0.5, 0.6) is 0 Å². The number of sulfonamides is 1. The summed E-state index contributed by atoms with van der Waals surface area (Å²) in [5, 5.41) is 3.69. The highest BCUT2D eigenvalue weighted by Gasteiger charge is 2.31. The summed E-state index contributed by atoms with van der Waals surface area (Å²) in [4.78, 5) is 16.6. The molecule has 1 saturated heterocycles. The molecule has 27 heavy (non-hydrogen) atoms. The van der Waals surface area contributed by atoms with E-state index >= 15 is 0 Å². The Balaban J connectivity index is 1.61. The van der Waals surface area contributed by atoms with Crippen molar-refractivity contribution < 1.29 is 17.7 Å². The van der Waals surface area contributed by atoms with E-state index in [0.717, 1.165) is 23.1 Å². The number of aryl methyl sites for hydroxylation is 2. The maximum absolute atomic E-state index is 12.7. The molecule has 146 valence electrons. The van der Waals surface area contributed by atoms with Gasteiger partial charge in [-0.15, -0.1) is 0 Å². The zero-order chi connectivity index (χ0) is 19.6. The van der Waals surface area contributed by atoms with Gasteiger partial charge in [0.2, 0.25) is 15.9 Å². The van der Waals surface area contributed by atoms with Crippen molar-refractivity contribution in [2.75, 3.05) is 44.7 Å². The normalized spacial score (nSPS) is 15.4. The smallest absolute Gasteiger partial charge is 0.248 e. The third-order valence-corrected chi connectivity index (χ3v) is 6.80. The Labute approximate surface area is 159 Å². The lowest BCUT2D eigenvalue weighted by Crippen LogP contribution is -2.51. The minimum absolute atomic E-state index is 0.0340. The first-order chi connectivity index (χ1) is 12.8. The molecule has 1 aliphatic heterocycles. The Morgan fingerprint density at radius 3 is 2.33 bits per heavy atom. The zero-order valence-electron chi connectivity index (χ0n) is 15.8. The van der Waals surface area contributed by atoms with Gasteiger partial charge in [0.15, 0.2) is 5.76 Å². The number of piperazine rings is 1. The average Bonchev–Trinajstić information content (AvgIpc) is 3.01. The van der Waals surface area contributed by atoms with Gasteiger partial charge >= 0.3 is 0 Å². The van der Waals surface area contributed by atoms with E-state index in [1.807, 2.05) is 30.3 Å². The standard InChI is InChI=1S/C18H24N4O4S/c1-14-18(15(2)26-19-14)27(24,25)20(3)13-17(23)22-11-9-21(10-12-22)16-7-5-4-6-8-16/h4-8H,9-13H2,1-3H3. The highest BCUT2D eigenvalue weighted by atomic mass is 32.2. The van der Waals surface area contributed by atoms with Gasteiger partial charge in [-0.1, -0.05) is 23.4 Å². The van der Waals surface area contributed by atoms with Crippen molar-refractivity contribution in [2.24, 2.45) is 0 Å². The molecule has 0 unspecified atom stereocenters. The first-order valence-corrected chi connectivity index (χ1v) is 10.2. The van der Waals surface area contributed by atoms with Crippen molar-refractivity contribution in [2.45, 2.75) is 18.7 Å². The van der Waals surface area contributed by atoms with E-state index in [1.165, 1.54) is 7.05 Å². The van der Waals surface area contributed by atoms with Crippen molar-refractivity contribution in [3.8, 4) is 0 Å². The maximum atomic E-state index is 12.7. The quantitative estimate of drug-likeness (QED) is 0.761. The summed E-state index contributed by atoms with van der Waals surface area (Å²) in [7, 11) is -2.42. The van der Waals surface area contributed by atoms with E-state index in [4.69, 9.17) is 4.52 Å². The molecular weight excluding hydrogens is 368 g/mol. The molecule has 0 aliphatic carbocycles. The molecule has 0 atom stereocenters. The van der Waals surface area contributed by atoms with E-state index < -0.39 is 10.0 Å². The third-order valence-electron chi connectivity index (χ3n) is 4.75. The third kappa shape index (κ3) is 3.98. The fourth-order valence-corrected chi connectivity index (χ4v) is 4.63. The number of para-hydroxylation sites is 1. The van der Waals surface area contributed by atoms with Crippen LogP contribution in [0.2, 0.25) is 0 Å². The number of anilines is 1. The molecule has 0 spiro atoms. The number of benzene rings is 1. The summed E-state index contributed by atoms with van der Waals surface area (Å²) >= 11 is 0. The number of hydrogen-bond donors (Lipinski definition) is 0. The van der Waals surface area contributed by atoms with Crippen LogP contribution in [0.1, 0.15) is 11.5 Å². The Morgan fingerprint density at radius 1 is 1.15 bits per heavy atom. The van der Waals surface area contributed by atoms with Gasteiger partial charge in [0.1, 0.15) is 10.6 Å². The van der Waals surface area contributed by atoms with Gasteiger partial charge in [-0.25, -0.2) is 8.42 Å². The SMILES string of the molecule is Cc1noc(C)c1S(=O)(=O)N(C)CC(=O)N1CCN(c2ccccc2)CC1. The van der Waals surface area contributed by atoms with E-state index in [1.54, 1.807) is 18.7 Å². The molecule has 0 N–H and O–H groups in total. The van der Waals surface area contributed by atoms with Crippen LogP contribution in [-0.4, -0.2) is 68.5 Å². The van der Waals surface area contributed by atoms with Gasteiger partial charge in [0.25, 0.3) is 0 Å². The van der Waals surface area contributed by atoms with Crippen LogP contribution in [0.4, 0.5) is 5.69 Å². The second-order valence-corrected chi connectivity index (χ2v) is 8.60. The monoisotopic (exact) mass is 392 g/mol. The summed E-state index contributed by atoms with van der Waals surface area (Å²) in [5.74, 6) is 0.0174. The predicted octanol–water partition coefficient (Wildman–Crippen LogP) is 1.26. The van der Waals surface area contributed by atoms with E-state index in [0.29, 0.717) is 18.8 Å². The fourth-order valence-electron chi connectivity index (χ4n) is 3.23. The number of carbonyl (C=O) groups excluding carboxylic acids is 1.